The fourth-order valence-corrected chi connectivity index (χ4v) is 3.61. The first kappa shape index (κ1) is 27.2. The number of rotatable bonds is 7. The first-order chi connectivity index (χ1) is 17.8. The summed E-state index contributed by atoms with van der Waals surface area (Å²) in [7, 11) is 5.35. The van der Waals surface area contributed by atoms with Gasteiger partial charge < -0.3 is 15.1 Å². The van der Waals surface area contributed by atoms with Crippen LogP contribution in [-0.4, -0.2) is 70.1 Å². The third-order valence-electron chi connectivity index (χ3n) is 5.73. The molecule has 0 bridgehead atoms. The van der Waals surface area contributed by atoms with Crippen LogP contribution in [0.3, 0.4) is 0 Å². The molecule has 0 fully saturated rings. The van der Waals surface area contributed by atoms with Crippen molar-refractivity contribution >= 4 is 22.7 Å². The number of hydrogen-bond donors (Lipinski definition) is 1. The zero-order chi connectivity index (χ0) is 27.7. The van der Waals surface area contributed by atoms with Gasteiger partial charge in [-0.3, -0.25) is 0 Å². The molecule has 202 valence electrons. The fraction of sp³-hybridized carbons (Fsp3) is 0.391. The molecule has 1 aliphatic rings. The molecule has 15 heteroatoms. The highest BCUT2D eigenvalue weighted by Gasteiger charge is 2.47. The Bertz CT molecular complexity index is 1340. The number of hydrogen-bond acceptors (Lipinski definition) is 9. The van der Waals surface area contributed by atoms with Gasteiger partial charge in [-0.05, 0) is 38.4 Å². The second-order valence-corrected chi connectivity index (χ2v) is 8.86. The molecule has 2 atom stereocenters. The molecule has 0 saturated carbocycles. The fourth-order valence-electron chi connectivity index (χ4n) is 3.61. The number of azo groups is 1. The highest BCUT2D eigenvalue weighted by atomic mass is 19.4. The molecule has 3 aromatic heterocycles. The Morgan fingerprint density at radius 3 is 2.32 bits per heavy atom. The lowest BCUT2D eigenvalue weighted by Crippen LogP contribution is -2.33. The van der Waals surface area contributed by atoms with E-state index in [0.29, 0.717) is 25.0 Å². The van der Waals surface area contributed by atoms with Gasteiger partial charge in [-0.1, -0.05) is 0 Å². The van der Waals surface area contributed by atoms with Crippen molar-refractivity contribution in [3.05, 3.63) is 59.9 Å². The van der Waals surface area contributed by atoms with Crippen LogP contribution in [0.25, 0.3) is 11.2 Å². The van der Waals surface area contributed by atoms with Gasteiger partial charge in [-0.25, -0.2) is 19.9 Å². The van der Waals surface area contributed by atoms with E-state index in [1.165, 1.54) is 12.3 Å². The summed E-state index contributed by atoms with van der Waals surface area (Å²) in [6.07, 6.45) is -4.94. The van der Waals surface area contributed by atoms with Gasteiger partial charge in [0.1, 0.15) is 29.1 Å². The number of fused-ring (bicyclic) bond motifs is 1. The molecule has 0 aromatic carbocycles. The normalized spacial score (nSPS) is 18.1. The van der Waals surface area contributed by atoms with Crippen molar-refractivity contribution in [3.63, 3.8) is 0 Å². The first-order valence-electron chi connectivity index (χ1n) is 11.3. The first-order valence-corrected chi connectivity index (χ1v) is 11.3. The van der Waals surface area contributed by atoms with Crippen LogP contribution in [0.5, 0.6) is 0 Å². The largest absolute Gasteiger partial charge is 0.417 e. The van der Waals surface area contributed by atoms with Crippen LogP contribution in [0.4, 0.5) is 37.8 Å². The van der Waals surface area contributed by atoms with E-state index in [1.54, 1.807) is 11.9 Å². The Hall–Kier alpha value is -3.88. The maximum atomic E-state index is 14.0. The van der Waals surface area contributed by atoms with Gasteiger partial charge in [-0.2, -0.15) is 31.5 Å². The SMILES string of the molecule is CN(C)CCN(C)C1=CC(C(F)(F)F)C(c2cnc3c(Nc4ccc(C(F)(F)F)cn4)ccnc3n2)N=N1. The van der Waals surface area contributed by atoms with E-state index in [4.69, 9.17) is 0 Å². The predicted molar refractivity (Wildman–Crippen MR) is 126 cm³/mol. The number of nitrogens with zero attached hydrogens (tertiary/aromatic N) is 8. The molecular formula is C23H23F6N9. The second kappa shape index (κ2) is 10.5. The van der Waals surface area contributed by atoms with Crippen LogP contribution in [0.2, 0.25) is 0 Å². The number of nitrogens with one attached hydrogen (secondary N) is 1. The third kappa shape index (κ3) is 6.15. The Kier molecular flexibility index (Phi) is 7.49. The average Bonchev–Trinajstić information content (AvgIpc) is 2.86. The maximum Gasteiger partial charge on any atom is 0.417 e. The minimum atomic E-state index is -4.63. The van der Waals surface area contributed by atoms with E-state index in [-0.39, 0.29) is 28.5 Å². The van der Waals surface area contributed by atoms with Crippen molar-refractivity contribution in [2.24, 2.45) is 16.1 Å². The zero-order valence-corrected chi connectivity index (χ0v) is 20.5. The third-order valence-corrected chi connectivity index (χ3v) is 5.73. The smallest absolute Gasteiger partial charge is 0.357 e. The highest BCUT2D eigenvalue weighted by molar-refractivity contribution is 5.86. The molecule has 0 aliphatic carbocycles. The van der Waals surface area contributed by atoms with Gasteiger partial charge in [0.05, 0.1) is 23.1 Å². The molecule has 9 nitrogen and oxygen atoms in total. The number of anilines is 2. The van der Waals surface area contributed by atoms with Crippen LogP contribution in [0, 0.1) is 5.92 Å². The Labute approximate surface area is 213 Å². The van der Waals surface area contributed by atoms with E-state index in [0.717, 1.165) is 24.4 Å². The van der Waals surface area contributed by atoms with Crippen molar-refractivity contribution in [1.29, 1.82) is 0 Å². The molecule has 3 aromatic rings. The molecular weight excluding hydrogens is 516 g/mol. The molecule has 2 unspecified atom stereocenters. The number of likely N-dealkylation sites (N-methyl/N-ethyl adjacent to an activating group) is 2. The van der Waals surface area contributed by atoms with Crippen LogP contribution in [0.1, 0.15) is 17.3 Å². The zero-order valence-electron chi connectivity index (χ0n) is 20.5. The molecule has 0 saturated heterocycles. The van der Waals surface area contributed by atoms with Gasteiger partial charge >= 0.3 is 12.4 Å². The lowest BCUT2D eigenvalue weighted by Gasteiger charge is -2.29. The predicted octanol–water partition coefficient (Wildman–Crippen LogP) is 5.20. The monoisotopic (exact) mass is 539 g/mol. The summed E-state index contributed by atoms with van der Waals surface area (Å²) >= 11 is 0. The standard InChI is InChI=1S/C23H23F6N9/c1-37(2)8-9-38(3)18-10-14(23(27,28)29)19(36-35-18)16-12-32-20-15(6-7-30-21(20)34-16)33-17-5-4-13(11-31-17)22(24,25)26/h4-7,10-12,14,19H,8-9H2,1-3H3,(H,30,31,33,34). The summed E-state index contributed by atoms with van der Waals surface area (Å²) in [5, 5.41) is 10.8. The van der Waals surface area contributed by atoms with E-state index in [9.17, 15) is 26.3 Å². The van der Waals surface area contributed by atoms with Gasteiger partial charge in [0, 0.05) is 32.5 Å². The van der Waals surface area contributed by atoms with Crippen molar-refractivity contribution < 1.29 is 26.3 Å². The van der Waals surface area contributed by atoms with Crippen molar-refractivity contribution in [3.8, 4) is 0 Å². The number of pyridine rings is 2. The summed E-state index contributed by atoms with van der Waals surface area (Å²) in [5.41, 5.74) is -0.466. The minimum absolute atomic E-state index is 0.0217. The summed E-state index contributed by atoms with van der Waals surface area (Å²) in [6, 6.07) is 2.04. The molecule has 0 spiro atoms. The summed E-state index contributed by atoms with van der Waals surface area (Å²) in [4.78, 5) is 19.8. The molecule has 4 rings (SSSR count). The van der Waals surface area contributed by atoms with Crippen LogP contribution >= 0.6 is 0 Å². The van der Waals surface area contributed by atoms with Crippen LogP contribution < -0.4 is 5.32 Å². The Balaban J connectivity index is 1.60. The Morgan fingerprint density at radius 2 is 1.68 bits per heavy atom. The quantitative estimate of drug-likeness (QED) is 0.413. The van der Waals surface area contributed by atoms with Gasteiger partial charge in [-0.15, -0.1) is 5.11 Å². The average molecular weight is 539 g/mol. The molecule has 1 N–H and O–H groups in total. The number of halogens is 6. The Morgan fingerprint density at radius 1 is 0.921 bits per heavy atom. The van der Waals surface area contributed by atoms with Crippen LogP contribution in [0.15, 0.2) is 58.9 Å². The molecule has 38 heavy (non-hydrogen) atoms. The minimum Gasteiger partial charge on any atom is -0.357 e. The number of alkyl halides is 6. The lowest BCUT2D eigenvalue weighted by molar-refractivity contribution is -0.168. The molecule has 4 heterocycles. The van der Waals surface area contributed by atoms with E-state index < -0.39 is 29.9 Å². The molecule has 0 amide bonds. The van der Waals surface area contributed by atoms with Gasteiger partial charge in [0.2, 0.25) is 0 Å². The van der Waals surface area contributed by atoms with Crippen LogP contribution in [-0.2, 0) is 6.18 Å². The summed E-state index contributed by atoms with van der Waals surface area (Å²) in [6.45, 7) is 1.07. The van der Waals surface area contributed by atoms with Gasteiger partial charge in [0.15, 0.2) is 5.65 Å². The topological polar surface area (TPSA) is 94.8 Å². The number of aromatic nitrogens is 4. The highest BCUT2D eigenvalue weighted by Crippen LogP contribution is 2.42. The summed E-state index contributed by atoms with van der Waals surface area (Å²) < 4.78 is 80.5. The van der Waals surface area contributed by atoms with E-state index >= 15 is 0 Å². The molecule has 0 radical (unpaired) electrons. The van der Waals surface area contributed by atoms with Crippen molar-refractivity contribution in [2.75, 3.05) is 39.5 Å². The molecule has 1 aliphatic heterocycles. The second-order valence-electron chi connectivity index (χ2n) is 8.86. The van der Waals surface area contributed by atoms with E-state index in [2.05, 4.69) is 35.5 Å². The van der Waals surface area contributed by atoms with Crippen molar-refractivity contribution in [1.82, 2.24) is 29.7 Å². The van der Waals surface area contributed by atoms with Crippen molar-refractivity contribution in [2.45, 2.75) is 18.4 Å². The maximum absolute atomic E-state index is 14.0. The van der Waals surface area contributed by atoms with Gasteiger partial charge in [0.25, 0.3) is 0 Å². The van der Waals surface area contributed by atoms with E-state index in [1.807, 2.05) is 19.0 Å². The summed E-state index contributed by atoms with van der Waals surface area (Å²) in [5.74, 6) is -1.78. The lowest BCUT2D eigenvalue weighted by atomic mass is 9.95.